The van der Waals surface area contributed by atoms with Crippen molar-refractivity contribution >= 4 is 11.0 Å². The van der Waals surface area contributed by atoms with Crippen molar-refractivity contribution in [2.45, 2.75) is 19.4 Å². The van der Waals surface area contributed by atoms with E-state index in [1.54, 1.807) is 7.11 Å². The number of rotatable bonds is 6. The van der Waals surface area contributed by atoms with Gasteiger partial charge >= 0.3 is 0 Å². The first-order valence-electron chi connectivity index (χ1n) is 6.00. The molecule has 2 N–H and O–H groups in total. The number of fused-ring (bicyclic) bond motifs is 1. The Morgan fingerprint density at radius 1 is 1.35 bits per heavy atom. The second kappa shape index (κ2) is 5.80. The number of para-hydroxylation sites is 2. The number of ether oxygens (including phenoxy) is 1. The molecule has 0 fully saturated rings. The van der Waals surface area contributed by atoms with Crippen molar-refractivity contribution in [1.82, 2.24) is 9.55 Å². The van der Waals surface area contributed by atoms with E-state index < -0.39 is 0 Å². The third-order valence-electron chi connectivity index (χ3n) is 2.83. The summed E-state index contributed by atoms with van der Waals surface area (Å²) in [7, 11) is 1.73. The molecule has 0 unspecified atom stereocenters. The van der Waals surface area contributed by atoms with E-state index in [9.17, 15) is 0 Å². The maximum absolute atomic E-state index is 5.63. The minimum Gasteiger partial charge on any atom is -0.385 e. The van der Waals surface area contributed by atoms with Gasteiger partial charge in [0.05, 0.1) is 11.0 Å². The first-order chi connectivity index (χ1) is 8.36. The number of hydrogen-bond acceptors (Lipinski definition) is 3. The Morgan fingerprint density at radius 2 is 2.18 bits per heavy atom. The summed E-state index contributed by atoms with van der Waals surface area (Å²) in [6.45, 7) is 2.34. The topological polar surface area (TPSA) is 53.1 Å². The van der Waals surface area contributed by atoms with Crippen molar-refractivity contribution in [1.29, 1.82) is 0 Å². The summed E-state index contributed by atoms with van der Waals surface area (Å²) in [5.74, 6) is 1.07. The Hall–Kier alpha value is -1.39. The van der Waals surface area contributed by atoms with Gasteiger partial charge in [0.25, 0.3) is 0 Å². The molecule has 17 heavy (non-hydrogen) atoms. The molecule has 0 aliphatic heterocycles. The Morgan fingerprint density at radius 3 is 2.94 bits per heavy atom. The van der Waals surface area contributed by atoms with E-state index in [2.05, 4.69) is 15.6 Å². The molecule has 1 heterocycles. The van der Waals surface area contributed by atoms with Crippen molar-refractivity contribution in [3.05, 3.63) is 30.1 Å². The van der Waals surface area contributed by atoms with Crippen molar-refractivity contribution < 1.29 is 4.74 Å². The van der Waals surface area contributed by atoms with E-state index in [1.807, 2.05) is 18.2 Å². The summed E-state index contributed by atoms with van der Waals surface area (Å²) >= 11 is 0. The van der Waals surface area contributed by atoms with Crippen LogP contribution in [0.2, 0.25) is 0 Å². The highest BCUT2D eigenvalue weighted by molar-refractivity contribution is 5.75. The molecule has 0 radical (unpaired) electrons. The van der Waals surface area contributed by atoms with Gasteiger partial charge in [-0.1, -0.05) is 12.1 Å². The summed E-state index contributed by atoms with van der Waals surface area (Å²) in [4.78, 5) is 4.62. The minimum atomic E-state index is 0.633. The summed E-state index contributed by atoms with van der Waals surface area (Å²) < 4.78 is 7.34. The van der Waals surface area contributed by atoms with E-state index >= 15 is 0 Å². The van der Waals surface area contributed by atoms with Crippen LogP contribution in [-0.2, 0) is 17.7 Å². The normalized spacial score (nSPS) is 11.2. The monoisotopic (exact) mass is 233 g/mol. The number of nitrogens with zero attached hydrogens (tertiary/aromatic N) is 2. The van der Waals surface area contributed by atoms with Gasteiger partial charge < -0.3 is 15.0 Å². The van der Waals surface area contributed by atoms with Crippen LogP contribution in [0.5, 0.6) is 0 Å². The van der Waals surface area contributed by atoms with Crippen LogP contribution in [0.15, 0.2) is 24.3 Å². The van der Waals surface area contributed by atoms with Crippen LogP contribution in [0.25, 0.3) is 11.0 Å². The number of methoxy groups -OCH3 is 1. The summed E-state index contributed by atoms with van der Waals surface area (Å²) in [6, 6.07) is 8.21. The SMILES string of the molecule is COCCCn1c(CCN)nc2ccccc21. The minimum absolute atomic E-state index is 0.633. The molecule has 4 heteroatoms. The second-order valence-electron chi connectivity index (χ2n) is 4.05. The number of nitrogens with two attached hydrogens (primary N) is 1. The van der Waals surface area contributed by atoms with Crippen molar-refractivity contribution in [2.24, 2.45) is 5.73 Å². The third-order valence-corrected chi connectivity index (χ3v) is 2.83. The van der Waals surface area contributed by atoms with Gasteiger partial charge in [-0.3, -0.25) is 0 Å². The zero-order valence-electron chi connectivity index (χ0n) is 10.2. The van der Waals surface area contributed by atoms with Crippen molar-refractivity contribution in [3.8, 4) is 0 Å². The van der Waals surface area contributed by atoms with Gasteiger partial charge in [0.15, 0.2) is 0 Å². The fourth-order valence-corrected chi connectivity index (χ4v) is 2.06. The van der Waals surface area contributed by atoms with Crippen molar-refractivity contribution in [3.63, 3.8) is 0 Å². The molecular formula is C13H19N3O. The van der Waals surface area contributed by atoms with Crippen LogP contribution >= 0.6 is 0 Å². The highest BCUT2D eigenvalue weighted by Crippen LogP contribution is 2.16. The lowest BCUT2D eigenvalue weighted by Crippen LogP contribution is -2.11. The number of aryl methyl sites for hydroxylation is 1. The zero-order valence-corrected chi connectivity index (χ0v) is 10.2. The lowest BCUT2D eigenvalue weighted by Gasteiger charge is -2.08. The molecule has 4 nitrogen and oxygen atoms in total. The maximum atomic E-state index is 5.63. The zero-order chi connectivity index (χ0) is 12.1. The van der Waals surface area contributed by atoms with E-state index in [4.69, 9.17) is 10.5 Å². The van der Waals surface area contributed by atoms with Gasteiger partial charge in [0.1, 0.15) is 5.82 Å². The average molecular weight is 233 g/mol. The van der Waals surface area contributed by atoms with Gasteiger partial charge in [0.2, 0.25) is 0 Å². The third kappa shape index (κ3) is 2.65. The van der Waals surface area contributed by atoms with Crippen LogP contribution in [0.4, 0.5) is 0 Å². The molecule has 0 aliphatic carbocycles. The molecule has 0 bridgehead atoms. The molecule has 0 saturated heterocycles. The number of benzene rings is 1. The smallest absolute Gasteiger partial charge is 0.111 e. The number of hydrogen-bond donors (Lipinski definition) is 1. The lowest BCUT2D eigenvalue weighted by atomic mass is 10.3. The van der Waals surface area contributed by atoms with Crippen LogP contribution in [0, 0.1) is 0 Å². The summed E-state index contributed by atoms with van der Waals surface area (Å²) in [5, 5.41) is 0. The van der Waals surface area contributed by atoms with Gasteiger partial charge in [0, 0.05) is 26.7 Å². The fourth-order valence-electron chi connectivity index (χ4n) is 2.06. The fraction of sp³-hybridized carbons (Fsp3) is 0.462. The number of imidazole rings is 1. The van der Waals surface area contributed by atoms with Gasteiger partial charge in [-0.25, -0.2) is 4.98 Å². The van der Waals surface area contributed by atoms with Crippen LogP contribution in [-0.4, -0.2) is 29.8 Å². The molecule has 0 atom stereocenters. The Bertz CT molecular complexity index is 478. The van der Waals surface area contributed by atoms with Gasteiger partial charge in [-0.2, -0.15) is 0 Å². The Kier molecular flexibility index (Phi) is 4.12. The van der Waals surface area contributed by atoms with E-state index in [0.29, 0.717) is 6.54 Å². The molecule has 0 saturated carbocycles. The maximum Gasteiger partial charge on any atom is 0.111 e. The average Bonchev–Trinajstić information content (AvgIpc) is 2.69. The number of aromatic nitrogens is 2. The molecule has 2 rings (SSSR count). The van der Waals surface area contributed by atoms with E-state index in [0.717, 1.165) is 37.3 Å². The molecule has 2 aromatic rings. The summed E-state index contributed by atoms with van der Waals surface area (Å²) in [6.07, 6.45) is 1.82. The molecule has 0 spiro atoms. The second-order valence-corrected chi connectivity index (χ2v) is 4.05. The first kappa shape index (κ1) is 12.1. The van der Waals surface area contributed by atoms with Crippen LogP contribution in [0.3, 0.4) is 0 Å². The largest absolute Gasteiger partial charge is 0.385 e. The first-order valence-corrected chi connectivity index (χ1v) is 6.00. The van der Waals surface area contributed by atoms with E-state index in [1.165, 1.54) is 5.52 Å². The highest BCUT2D eigenvalue weighted by atomic mass is 16.5. The predicted molar refractivity (Wildman–Crippen MR) is 69.0 cm³/mol. The van der Waals surface area contributed by atoms with E-state index in [-0.39, 0.29) is 0 Å². The molecule has 0 aliphatic rings. The molecule has 1 aromatic carbocycles. The highest BCUT2D eigenvalue weighted by Gasteiger charge is 2.08. The van der Waals surface area contributed by atoms with Gasteiger partial charge in [-0.05, 0) is 25.1 Å². The van der Waals surface area contributed by atoms with Crippen molar-refractivity contribution in [2.75, 3.05) is 20.3 Å². The molecule has 1 aromatic heterocycles. The standard InChI is InChI=1S/C13H19N3O/c1-17-10-4-9-16-12-6-3-2-5-11(12)15-13(16)7-8-14/h2-3,5-6H,4,7-10,14H2,1H3. The van der Waals surface area contributed by atoms with Crippen LogP contribution in [0.1, 0.15) is 12.2 Å². The predicted octanol–water partition coefficient (Wildman–Crippen LogP) is 1.57. The quantitative estimate of drug-likeness (QED) is 0.771. The van der Waals surface area contributed by atoms with Gasteiger partial charge in [-0.15, -0.1) is 0 Å². The molecule has 92 valence electrons. The van der Waals surface area contributed by atoms with Crippen LogP contribution < -0.4 is 5.73 Å². The Labute approximate surface area is 101 Å². The molecule has 0 amide bonds. The molecular weight excluding hydrogens is 214 g/mol. The Balaban J connectivity index is 2.30. The lowest BCUT2D eigenvalue weighted by molar-refractivity contribution is 0.190. The summed E-state index contributed by atoms with van der Waals surface area (Å²) in [5.41, 5.74) is 7.86.